The van der Waals surface area contributed by atoms with E-state index in [0.29, 0.717) is 22.5 Å². The van der Waals surface area contributed by atoms with Crippen LogP contribution in [0.2, 0.25) is 0 Å². The maximum atomic E-state index is 11.9. The molecule has 2 aromatic carbocycles. The standard InChI is InChI=1S/C26H32N4O4S/c1-20(2)30(16-10-11-17-34-19-24(31)29-35(3,32)33)23-18-27-25(21-12-6-4-7-13-21)26(28-23)22-14-8-5-9-15-22/h4-9,12-15,18,20H,10-11,16-17,19H2,1-3H3,(H,29,31)/i1D3,2D3,3D3,17D2. The third-order valence-corrected chi connectivity index (χ3v) is 5.19. The van der Waals surface area contributed by atoms with Gasteiger partial charge in [0, 0.05) is 42.6 Å². The predicted molar refractivity (Wildman–Crippen MR) is 138 cm³/mol. The molecular weight excluding hydrogens is 464 g/mol. The highest BCUT2D eigenvalue weighted by atomic mass is 32.2. The van der Waals surface area contributed by atoms with Crippen molar-refractivity contribution in [1.29, 1.82) is 0 Å². The van der Waals surface area contributed by atoms with Gasteiger partial charge in [-0.15, -0.1) is 0 Å². The molecule has 0 aliphatic carbocycles. The number of carbonyl (C=O) groups is 1. The maximum Gasteiger partial charge on any atom is 0.259 e. The first-order chi connectivity index (χ1) is 21.1. The Morgan fingerprint density at radius 1 is 1.06 bits per heavy atom. The van der Waals surface area contributed by atoms with Crippen LogP contribution in [0.3, 0.4) is 0 Å². The summed E-state index contributed by atoms with van der Waals surface area (Å²) in [5.74, 6) is -1.51. The zero-order valence-electron chi connectivity index (χ0n) is 29.6. The summed E-state index contributed by atoms with van der Waals surface area (Å²) in [5.41, 5.74) is 2.13. The Hall–Kier alpha value is -3.30. The monoisotopic (exact) mass is 507 g/mol. The number of amides is 1. The molecule has 0 atom stereocenters. The van der Waals surface area contributed by atoms with Gasteiger partial charge in [0.15, 0.2) is 0 Å². The van der Waals surface area contributed by atoms with Gasteiger partial charge in [0.05, 0.1) is 26.5 Å². The normalized spacial score (nSPS) is 17.6. The van der Waals surface area contributed by atoms with E-state index in [2.05, 4.69) is 9.97 Å². The minimum atomic E-state index is -5.03. The summed E-state index contributed by atoms with van der Waals surface area (Å²) >= 11 is 0. The molecule has 1 amide bonds. The number of benzene rings is 2. The van der Waals surface area contributed by atoms with Gasteiger partial charge in [0.1, 0.15) is 12.4 Å². The van der Waals surface area contributed by atoms with E-state index in [1.165, 1.54) is 10.9 Å². The average molecular weight is 508 g/mol. The molecule has 35 heavy (non-hydrogen) atoms. The number of carbonyl (C=O) groups excluding carboxylic acids is 1. The molecule has 0 spiro atoms. The molecule has 186 valence electrons. The number of sulfonamides is 1. The molecule has 9 heteroatoms. The minimum absolute atomic E-state index is 0.0912. The second-order valence-electron chi connectivity index (χ2n) is 7.32. The number of aromatic nitrogens is 2. The molecule has 1 aromatic heterocycles. The smallest absolute Gasteiger partial charge is 0.259 e. The van der Waals surface area contributed by atoms with Crippen LogP contribution in [0, 0.1) is 0 Å². The van der Waals surface area contributed by atoms with Crippen LogP contribution in [-0.2, 0) is 19.6 Å². The van der Waals surface area contributed by atoms with Crippen LogP contribution in [0.4, 0.5) is 5.82 Å². The average Bonchev–Trinajstić information content (AvgIpc) is 2.94. The van der Waals surface area contributed by atoms with E-state index in [1.54, 1.807) is 42.5 Å². The Kier molecular flexibility index (Phi) is 5.30. The fraction of sp³-hybridized carbons (Fsp3) is 0.346. The van der Waals surface area contributed by atoms with E-state index in [1.807, 2.05) is 18.2 Å². The van der Waals surface area contributed by atoms with Gasteiger partial charge in [0.2, 0.25) is 10.0 Å². The summed E-state index contributed by atoms with van der Waals surface area (Å²) in [5, 5.41) is 0. The highest BCUT2D eigenvalue weighted by molar-refractivity contribution is 7.89. The zero-order chi connectivity index (χ0) is 34.6. The number of nitrogens with one attached hydrogen (secondary N) is 1. The summed E-state index contributed by atoms with van der Waals surface area (Å²) in [4.78, 5) is 22.2. The van der Waals surface area contributed by atoms with Gasteiger partial charge >= 0.3 is 0 Å². The molecule has 0 saturated carbocycles. The van der Waals surface area contributed by atoms with Gasteiger partial charge in [-0.05, 0) is 26.5 Å². The molecule has 3 aromatic rings. The molecule has 0 fully saturated rings. The fourth-order valence-corrected chi connectivity index (χ4v) is 3.55. The topological polar surface area (TPSA) is 101 Å². The summed E-state index contributed by atoms with van der Waals surface area (Å²) in [6.45, 7) is -10.2. The van der Waals surface area contributed by atoms with Gasteiger partial charge in [-0.3, -0.25) is 14.5 Å². The molecule has 0 bridgehead atoms. The summed E-state index contributed by atoms with van der Waals surface area (Å²) in [7, 11) is -5.03. The van der Waals surface area contributed by atoms with E-state index in [9.17, 15) is 13.2 Å². The molecular formula is C26H32N4O4S. The van der Waals surface area contributed by atoms with Crippen molar-refractivity contribution >= 4 is 21.7 Å². The molecule has 0 unspecified atom stereocenters. The van der Waals surface area contributed by atoms with Crippen LogP contribution in [-0.4, -0.2) is 56.2 Å². The largest absolute Gasteiger partial charge is 0.372 e. The van der Waals surface area contributed by atoms with Crippen molar-refractivity contribution in [1.82, 2.24) is 14.7 Å². The molecule has 1 N–H and O–H groups in total. The molecule has 0 saturated heterocycles. The van der Waals surface area contributed by atoms with Crippen molar-refractivity contribution in [2.75, 3.05) is 30.8 Å². The first-order valence-corrected chi connectivity index (χ1v) is 12.0. The molecule has 8 nitrogen and oxygen atoms in total. The van der Waals surface area contributed by atoms with Crippen molar-refractivity contribution in [2.24, 2.45) is 0 Å². The lowest BCUT2D eigenvalue weighted by atomic mass is 10.0. The third kappa shape index (κ3) is 8.15. The Balaban J connectivity index is 1.93. The second kappa shape index (κ2) is 12.4. The Bertz CT molecular complexity index is 1570. The predicted octanol–water partition coefficient (Wildman–Crippen LogP) is 3.90. The van der Waals surface area contributed by atoms with Gasteiger partial charge in [-0.2, -0.15) is 0 Å². The second-order valence-corrected chi connectivity index (χ2v) is 8.53. The third-order valence-electron chi connectivity index (χ3n) is 4.69. The Labute approximate surface area is 222 Å². The fourth-order valence-electron chi connectivity index (χ4n) is 3.19. The van der Waals surface area contributed by atoms with Crippen molar-refractivity contribution in [2.45, 2.75) is 32.6 Å². The Morgan fingerprint density at radius 3 is 2.34 bits per heavy atom. The number of hydrogen-bond donors (Lipinski definition) is 1. The summed E-state index contributed by atoms with van der Waals surface area (Å²) in [6.07, 6.45) is -3.00. The highest BCUT2D eigenvalue weighted by Crippen LogP contribution is 2.30. The van der Waals surface area contributed by atoms with Crippen LogP contribution >= 0.6 is 0 Å². The van der Waals surface area contributed by atoms with Crippen LogP contribution < -0.4 is 9.62 Å². The Morgan fingerprint density at radius 2 is 1.71 bits per heavy atom. The van der Waals surface area contributed by atoms with Crippen LogP contribution in [0.1, 0.15) is 41.6 Å². The molecule has 3 rings (SSSR count). The number of hydrogen-bond acceptors (Lipinski definition) is 7. The first-order valence-electron chi connectivity index (χ1n) is 16.1. The molecule has 0 radical (unpaired) electrons. The van der Waals surface area contributed by atoms with E-state index in [-0.39, 0.29) is 18.8 Å². The molecule has 0 aliphatic rings. The van der Waals surface area contributed by atoms with E-state index in [0.717, 1.165) is 4.90 Å². The van der Waals surface area contributed by atoms with Gasteiger partial charge in [-0.1, -0.05) is 60.7 Å². The first kappa shape index (κ1) is 15.0. The van der Waals surface area contributed by atoms with E-state index >= 15 is 0 Å². The van der Waals surface area contributed by atoms with Gasteiger partial charge in [0.25, 0.3) is 5.91 Å². The van der Waals surface area contributed by atoms with Crippen molar-refractivity contribution in [3.63, 3.8) is 0 Å². The highest BCUT2D eigenvalue weighted by Gasteiger charge is 2.17. The maximum absolute atomic E-state index is 11.9. The van der Waals surface area contributed by atoms with Crippen LogP contribution in [0.15, 0.2) is 66.9 Å². The van der Waals surface area contributed by atoms with Crippen molar-refractivity contribution in [3.05, 3.63) is 66.9 Å². The summed E-state index contributed by atoms with van der Waals surface area (Å²) < 4.78 is 115. The quantitative estimate of drug-likeness (QED) is 0.397. The van der Waals surface area contributed by atoms with Gasteiger partial charge in [-0.25, -0.2) is 13.4 Å². The van der Waals surface area contributed by atoms with Crippen molar-refractivity contribution < 1.29 is 33.0 Å². The van der Waals surface area contributed by atoms with E-state index in [4.69, 9.17) is 19.8 Å². The molecule has 0 aliphatic heterocycles. The lowest BCUT2D eigenvalue weighted by Gasteiger charge is -2.28. The molecule has 1 heterocycles. The zero-order valence-corrected chi connectivity index (χ0v) is 19.5. The summed E-state index contributed by atoms with van der Waals surface area (Å²) in [6, 6.07) is 15.8. The van der Waals surface area contributed by atoms with Crippen LogP contribution in [0.25, 0.3) is 22.5 Å². The van der Waals surface area contributed by atoms with Gasteiger partial charge < -0.3 is 9.64 Å². The number of anilines is 1. The lowest BCUT2D eigenvalue weighted by Crippen LogP contribution is -2.33. The van der Waals surface area contributed by atoms with E-state index < -0.39 is 61.4 Å². The minimum Gasteiger partial charge on any atom is -0.372 e. The number of nitrogens with zero attached hydrogens (tertiary/aromatic N) is 3. The lowest BCUT2D eigenvalue weighted by molar-refractivity contribution is -0.123. The van der Waals surface area contributed by atoms with Crippen LogP contribution in [0.5, 0.6) is 0 Å². The SMILES string of the molecule is [2H]C([2H])(CCCN(c1cnc(-c2ccccc2)c(-c2ccccc2)n1)C(C([2H])([2H])[2H])C([2H])([2H])[2H])OCC(=O)NS(=O)(=O)C([2H])([2H])[2H]. The number of rotatable bonds is 12. The van der Waals surface area contributed by atoms with Crippen molar-refractivity contribution in [3.8, 4) is 22.5 Å². The number of ether oxygens (including phenoxy) is 1.